The minimum atomic E-state index is -0.659. The SMILES string of the molecule is COc1cccc(C(=O)Nc2ccc(C)c(OCc3csc4c(OC(=O)NCCO)cncc34)c2)c1. The Labute approximate surface area is 211 Å². The second-order valence-corrected chi connectivity index (χ2v) is 8.65. The van der Waals surface area contributed by atoms with Gasteiger partial charge in [-0.1, -0.05) is 12.1 Å². The third-order valence-electron chi connectivity index (χ3n) is 5.27. The quantitative estimate of drug-likeness (QED) is 0.305. The van der Waals surface area contributed by atoms with E-state index in [-0.39, 0.29) is 25.7 Å². The van der Waals surface area contributed by atoms with Crippen molar-refractivity contribution in [2.45, 2.75) is 13.5 Å². The molecule has 4 aromatic rings. The minimum absolute atomic E-state index is 0.101. The zero-order valence-electron chi connectivity index (χ0n) is 19.7. The van der Waals surface area contributed by atoms with Crippen molar-refractivity contribution in [3.8, 4) is 17.2 Å². The van der Waals surface area contributed by atoms with E-state index in [4.69, 9.17) is 19.3 Å². The van der Waals surface area contributed by atoms with E-state index < -0.39 is 6.09 Å². The summed E-state index contributed by atoms with van der Waals surface area (Å²) in [5.41, 5.74) is 2.88. The Hall–Kier alpha value is -4.15. The summed E-state index contributed by atoms with van der Waals surface area (Å²) in [6, 6.07) is 12.4. The first kappa shape index (κ1) is 25.0. The maximum atomic E-state index is 12.7. The third-order valence-corrected chi connectivity index (χ3v) is 6.33. The average Bonchev–Trinajstić information content (AvgIpc) is 3.31. The molecule has 0 saturated heterocycles. The van der Waals surface area contributed by atoms with Gasteiger partial charge in [-0.05, 0) is 42.1 Å². The molecule has 0 atom stereocenters. The second kappa shape index (κ2) is 11.5. The van der Waals surface area contributed by atoms with E-state index >= 15 is 0 Å². The number of aliphatic hydroxyl groups excluding tert-OH is 1. The fourth-order valence-electron chi connectivity index (χ4n) is 3.41. The fourth-order valence-corrected chi connectivity index (χ4v) is 4.38. The van der Waals surface area contributed by atoms with E-state index in [1.807, 2.05) is 24.4 Å². The molecule has 0 aliphatic rings. The first-order chi connectivity index (χ1) is 17.5. The van der Waals surface area contributed by atoms with Gasteiger partial charge >= 0.3 is 6.09 Å². The fraction of sp³-hybridized carbons (Fsp3) is 0.192. The van der Waals surface area contributed by atoms with Gasteiger partial charge in [-0.25, -0.2) is 4.79 Å². The number of rotatable bonds is 9. The molecule has 4 rings (SSSR count). The molecule has 0 radical (unpaired) electrons. The molecule has 36 heavy (non-hydrogen) atoms. The molecule has 0 aliphatic carbocycles. The van der Waals surface area contributed by atoms with Crippen molar-refractivity contribution in [3.63, 3.8) is 0 Å². The monoisotopic (exact) mass is 507 g/mol. The standard InChI is InChI=1S/C26H25N3O6S/c1-16-6-7-19(29-25(31)17-4-3-5-20(10-17)33-2)11-22(16)34-14-18-15-36-24-21(18)12-27-13-23(24)35-26(32)28-8-9-30/h3-7,10-13,15,30H,8-9,14H2,1-2H3,(H,28,32)(H,29,31). The lowest BCUT2D eigenvalue weighted by molar-refractivity contribution is 0.102. The zero-order valence-corrected chi connectivity index (χ0v) is 20.6. The number of methoxy groups -OCH3 is 1. The van der Waals surface area contributed by atoms with Crippen LogP contribution in [0.25, 0.3) is 10.1 Å². The van der Waals surface area contributed by atoms with E-state index in [2.05, 4.69) is 15.6 Å². The summed E-state index contributed by atoms with van der Waals surface area (Å²) in [4.78, 5) is 28.7. The lowest BCUT2D eigenvalue weighted by Gasteiger charge is -2.12. The van der Waals surface area contributed by atoms with Crippen molar-refractivity contribution in [2.75, 3.05) is 25.6 Å². The van der Waals surface area contributed by atoms with E-state index in [0.717, 1.165) is 21.2 Å². The summed E-state index contributed by atoms with van der Waals surface area (Å²) in [6.07, 6.45) is 2.51. The maximum absolute atomic E-state index is 12.7. The third kappa shape index (κ3) is 5.91. The highest BCUT2D eigenvalue weighted by Crippen LogP contribution is 2.34. The molecule has 0 unspecified atom stereocenters. The number of benzene rings is 2. The van der Waals surface area contributed by atoms with Gasteiger partial charge in [-0.3, -0.25) is 9.78 Å². The summed E-state index contributed by atoms with van der Waals surface area (Å²) in [7, 11) is 1.55. The number of ether oxygens (including phenoxy) is 3. The Balaban J connectivity index is 1.46. The summed E-state index contributed by atoms with van der Waals surface area (Å²) in [5, 5.41) is 16.9. The second-order valence-electron chi connectivity index (χ2n) is 7.77. The van der Waals surface area contributed by atoms with Crippen LogP contribution in [-0.2, 0) is 6.61 Å². The Morgan fingerprint density at radius 2 is 1.97 bits per heavy atom. The van der Waals surface area contributed by atoms with Crippen LogP contribution in [0.1, 0.15) is 21.5 Å². The number of nitrogens with zero attached hydrogens (tertiary/aromatic N) is 1. The topological polar surface area (TPSA) is 119 Å². The van der Waals surface area contributed by atoms with Crippen molar-refractivity contribution in [1.29, 1.82) is 0 Å². The maximum Gasteiger partial charge on any atom is 0.412 e. The molecule has 0 spiro atoms. The first-order valence-electron chi connectivity index (χ1n) is 11.1. The van der Waals surface area contributed by atoms with Crippen molar-refractivity contribution >= 4 is 39.1 Å². The van der Waals surface area contributed by atoms with Gasteiger partial charge in [-0.15, -0.1) is 11.3 Å². The number of aliphatic hydroxyl groups is 1. The van der Waals surface area contributed by atoms with Crippen LogP contribution in [-0.4, -0.2) is 42.4 Å². The van der Waals surface area contributed by atoms with Crippen molar-refractivity contribution < 1.29 is 28.9 Å². The van der Waals surface area contributed by atoms with Gasteiger partial charge in [0.1, 0.15) is 18.1 Å². The molecule has 0 saturated carbocycles. The number of amides is 2. The first-order valence-corrected chi connectivity index (χ1v) is 12.0. The van der Waals surface area contributed by atoms with Crippen molar-refractivity contribution in [1.82, 2.24) is 10.3 Å². The molecule has 3 N–H and O–H groups in total. The molecule has 0 aliphatic heterocycles. The molecule has 0 fully saturated rings. The van der Waals surface area contributed by atoms with Crippen LogP contribution in [0.15, 0.2) is 60.2 Å². The Kier molecular flexibility index (Phi) is 7.99. The van der Waals surface area contributed by atoms with Crippen LogP contribution < -0.4 is 24.8 Å². The van der Waals surface area contributed by atoms with Gasteiger partial charge < -0.3 is 30.0 Å². The number of hydrogen-bond acceptors (Lipinski definition) is 8. The number of fused-ring (bicyclic) bond motifs is 1. The van der Waals surface area contributed by atoms with Crippen LogP contribution in [0.2, 0.25) is 0 Å². The largest absolute Gasteiger partial charge is 0.497 e. The van der Waals surface area contributed by atoms with Crippen LogP contribution in [0.4, 0.5) is 10.5 Å². The summed E-state index contributed by atoms with van der Waals surface area (Å²) in [5.74, 6) is 1.31. The Morgan fingerprint density at radius 3 is 2.78 bits per heavy atom. The predicted octanol–water partition coefficient (Wildman–Crippen LogP) is 4.53. The van der Waals surface area contributed by atoms with Gasteiger partial charge in [0.2, 0.25) is 0 Å². The number of anilines is 1. The normalized spacial score (nSPS) is 10.6. The summed E-state index contributed by atoms with van der Waals surface area (Å²) < 4.78 is 17.4. The summed E-state index contributed by atoms with van der Waals surface area (Å²) >= 11 is 1.42. The number of pyridine rings is 1. The Morgan fingerprint density at radius 1 is 1.11 bits per heavy atom. The molecule has 10 heteroatoms. The minimum Gasteiger partial charge on any atom is -0.497 e. The molecule has 2 heterocycles. The smallest absolute Gasteiger partial charge is 0.412 e. The van der Waals surface area contributed by atoms with Crippen LogP contribution >= 0.6 is 11.3 Å². The highest BCUT2D eigenvalue weighted by molar-refractivity contribution is 7.17. The number of thiophene rings is 1. The van der Waals surface area contributed by atoms with Crippen molar-refractivity contribution in [3.05, 3.63) is 76.9 Å². The van der Waals surface area contributed by atoms with E-state index in [1.165, 1.54) is 17.5 Å². The van der Waals surface area contributed by atoms with Crippen molar-refractivity contribution in [2.24, 2.45) is 0 Å². The number of carbonyl (C=O) groups is 2. The predicted molar refractivity (Wildman–Crippen MR) is 137 cm³/mol. The molecule has 0 bridgehead atoms. The molecule has 186 valence electrons. The molecule has 2 aromatic heterocycles. The highest BCUT2D eigenvalue weighted by Gasteiger charge is 2.14. The number of hydrogen-bond donors (Lipinski definition) is 3. The summed E-state index contributed by atoms with van der Waals surface area (Å²) in [6.45, 7) is 2.11. The van der Waals surface area contributed by atoms with Gasteiger partial charge in [0, 0.05) is 41.0 Å². The van der Waals surface area contributed by atoms with E-state index in [1.54, 1.807) is 43.6 Å². The van der Waals surface area contributed by atoms with Crippen LogP contribution in [0.5, 0.6) is 17.2 Å². The zero-order chi connectivity index (χ0) is 25.5. The van der Waals surface area contributed by atoms with E-state index in [9.17, 15) is 9.59 Å². The van der Waals surface area contributed by atoms with E-state index in [0.29, 0.717) is 28.5 Å². The van der Waals surface area contributed by atoms with Gasteiger partial charge in [0.15, 0.2) is 5.75 Å². The lowest BCUT2D eigenvalue weighted by atomic mass is 10.1. The van der Waals surface area contributed by atoms with Gasteiger partial charge in [0.25, 0.3) is 5.91 Å². The average molecular weight is 508 g/mol. The molecule has 2 amide bonds. The lowest BCUT2D eigenvalue weighted by Crippen LogP contribution is -2.29. The molecule has 9 nitrogen and oxygen atoms in total. The highest BCUT2D eigenvalue weighted by atomic mass is 32.1. The molecular formula is C26H25N3O6S. The van der Waals surface area contributed by atoms with Crippen LogP contribution in [0.3, 0.4) is 0 Å². The Bertz CT molecular complexity index is 1390. The number of aryl methyl sites for hydroxylation is 1. The van der Waals surface area contributed by atoms with Crippen LogP contribution in [0, 0.1) is 6.92 Å². The number of nitrogens with one attached hydrogen (secondary N) is 2. The molecular weight excluding hydrogens is 482 g/mol. The molecule has 2 aromatic carbocycles. The number of aromatic nitrogens is 1. The number of carbonyl (C=O) groups excluding carboxylic acids is 2. The van der Waals surface area contributed by atoms with Gasteiger partial charge in [-0.2, -0.15) is 0 Å². The van der Waals surface area contributed by atoms with Gasteiger partial charge in [0.05, 0.1) is 24.6 Å².